The van der Waals surface area contributed by atoms with E-state index in [1.807, 2.05) is 47.4 Å². The normalized spacial score (nSPS) is 18.4. The van der Waals surface area contributed by atoms with Crippen molar-refractivity contribution in [3.63, 3.8) is 0 Å². The molecule has 0 bridgehead atoms. The Bertz CT molecular complexity index is 631. The molecular formula is C22H31NO5. The summed E-state index contributed by atoms with van der Waals surface area (Å²) in [6.07, 6.45) is 7.87. The van der Waals surface area contributed by atoms with E-state index in [2.05, 4.69) is 4.74 Å². The fourth-order valence-corrected chi connectivity index (χ4v) is 3.44. The molecule has 6 heteroatoms. The minimum Gasteiger partial charge on any atom is -0.467 e. The number of carbonyl (C=O) groups excluding carboxylic acids is 2. The van der Waals surface area contributed by atoms with Gasteiger partial charge in [-0.1, -0.05) is 42.5 Å². The van der Waals surface area contributed by atoms with Gasteiger partial charge in [-0.2, -0.15) is 0 Å². The number of nitrogens with zero attached hydrogens (tertiary/aromatic N) is 1. The SMILES string of the molecule is COC(=O)COCC=CCN1C(=O)CCCC1CC[C@@H](O)Cc1ccccc1. The number of hydrogen-bond donors (Lipinski definition) is 1. The summed E-state index contributed by atoms with van der Waals surface area (Å²) in [5, 5.41) is 10.4. The fourth-order valence-electron chi connectivity index (χ4n) is 3.44. The number of carbonyl (C=O) groups is 2. The molecule has 0 spiro atoms. The number of likely N-dealkylation sites (tertiary alicyclic amines) is 1. The van der Waals surface area contributed by atoms with Gasteiger partial charge >= 0.3 is 5.97 Å². The molecule has 1 aromatic carbocycles. The molecule has 1 amide bonds. The third-order valence-electron chi connectivity index (χ3n) is 4.97. The zero-order chi connectivity index (χ0) is 20.2. The lowest BCUT2D eigenvalue weighted by molar-refractivity contribution is -0.145. The van der Waals surface area contributed by atoms with Gasteiger partial charge in [0, 0.05) is 19.0 Å². The highest BCUT2D eigenvalue weighted by atomic mass is 16.6. The zero-order valence-electron chi connectivity index (χ0n) is 16.6. The van der Waals surface area contributed by atoms with E-state index in [9.17, 15) is 14.7 Å². The van der Waals surface area contributed by atoms with Gasteiger partial charge in [-0.3, -0.25) is 4.79 Å². The summed E-state index contributed by atoms with van der Waals surface area (Å²) in [7, 11) is 1.32. The van der Waals surface area contributed by atoms with Crippen molar-refractivity contribution < 1.29 is 24.2 Å². The number of aliphatic hydroxyl groups excluding tert-OH is 1. The van der Waals surface area contributed by atoms with Gasteiger partial charge in [0.15, 0.2) is 0 Å². The van der Waals surface area contributed by atoms with E-state index in [0.29, 0.717) is 32.4 Å². The van der Waals surface area contributed by atoms with Crippen LogP contribution < -0.4 is 0 Å². The third-order valence-corrected chi connectivity index (χ3v) is 4.97. The first-order valence-corrected chi connectivity index (χ1v) is 9.91. The van der Waals surface area contributed by atoms with Gasteiger partial charge in [0.25, 0.3) is 0 Å². The molecule has 6 nitrogen and oxygen atoms in total. The predicted octanol–water partition coefficient (Wildman–Crippen LogP) is 2.50. The fraction of sp³-hybridized carbons (Fsp3) is 0.545. The first-order valence-electron chi connectivity index (χ1n) is 9.91. The maximum Gasteiger partial charge on any atom is 0.331 e. The molecule has 1 aliphatic heterocycles. The Morgan fingerprint density at radius 1 is 1.32 bits per heavy atom. The number of methoxy groups -OCH3 is 1. The Balaban J connectivity index is 1.76. The molecule has 0 saturated carbocycles. The topological polar surface area (TPSA) is 76.1 Å². The van der Waals surface area contributed by atoms with Crippen LogP contribution in [0.5, 0.6) is 0 Å². The average Bonchev–Trinajstić information content (AvgIpc) is 2.70. The Kier molecular flexibility index (Phi) is 9.72. The lowest BCUT2D eigenvalue weighted by atomic mass is 9.94. The Labute approximate surface area is 167 Å². The van der Waals surface area contributed by atoms with Gasteiger partial charge in [-0.15, -0.1) is 0 Å². The summed E-state index contributed by atoms with van der Waals surface area (Å²) in [5.74, 6) is -0.248. The van der Waals surface area contributed by atoms with E-state index < -0.39 is 12.1 Å². The molecule has 1 N–H and O–H groups in total. The molecule has 154 valence electrons. The van der Waals surface area contributed by atoms with Crippen molar-refractivity contribution in [1.29, 1.82) is 0 Å². The van der Waals surface area contributed by atoms with E-state index in [1.54, 1.807) is 0 Å². The number of esters is 1. The first kappa shape index (κ1) is 22.1. The maximum atomic E-state index is 12.3. The smallest absolute Gasteiger partial charge is 0.331 e. The van der Waals surface area contributed by atoms with Crippen LogP contribution in [0.2, 0.25) is 0 Å². The van der Waals surface area contributed by atoms with E-state index in [0.717, 1.165) is 24.8 Å². The predicted molar refractivity (Wildman–Crippen MR) is 107 cm³/mol. The quantitative estimate of drug-likeness (QED) is 0.357. The molecular weight excluding hydrogens is 358 g/mol. The number of benzene rings is 1. The van der Waals surface area contributed by atoms with E-state index in [1.165, 1.54) is 7.11 Å². The van der Waals surface area contributed by atoms with Crippen LogP contribution in [-0.4, -0.2) is 60.9 Å². The number of hydrogen-bond acceptors (Lipinski definition) is 5. The van der Waals surface area contributed by atoms with Crippen molar-refractivity contribution in [2.75, 3.05) is 26.9 Å². The molecule has 1 saturated heterocycles. The highest BCUT2D eigenvalue weighted by Gasteiger charge is 2.27. The van der Waals surface area contributed by atoms with Crippen LogP contribution in [0.25, 0.3) is 0 Å². The maximum absolute atomic E-state index is 12.3. The standard InChI is InChI=1S/C22H31NO5/c1-27-22(26)17-28-15-6-5-14-23-19(10-7-11-21(23)25)12-13-20(24)16-18-8-3-2-4-9-18/h2-6,8-9,19-20,24H,7,10-17H2,1H3/t19?,20-/m1/s1. The van der Waals surface area contributed by atoms with E-state index in [4.69, 9.17) is 4.74 Å². The summed E-state index contributed by atoms with van der Waals surface area (Å²) >= 11 is 0. The number of piperidine rings is 1. The molecule has 2 atom stereocenters. The summed E-state index contributed by atoms with van der Waals surface area (Å²) in [6, 6.07) is 10.1. The number of aliphatic hydroxyl groups is 1. The number of rotatable bonds is 11. The second-order valence-electron chi connectivity index (χ2n) is 7.08. The van der Waals surface area contributed by atoms with Crippen molar-refractivity contribution in [3.8, 4) is 0 Å². The first-order chi connectivity index (χ1) is 13.6. The highest BCUT2D eigenvalue weighted by Crippen LogP contribution is 2.23. The van der Waals surface area contributed by atoms with Crippen LogP contribution in [0.1, 0.15) is 37.7 Å². The Morgan fingerprint density at radius 3 is 2.86 bits per heavy atom. The summed E-state index contributed by atoms with van der Waals surface area (Å²) in [4.78, 5) is 25.2. The Morgan fingerprint density at radius 2 is 2.11 bits per heavy atom. The van der Waals surface area contributed by atoms with Gasteiger partial charge in [-0.05, 0) is 37.7 Å². The van der Waals surface area contributed by atoms with Crippen molar-refractivity contribution in [2.24, 2.45) is 0 Å². The molecule has 0 radical (unpaired) electrons. The highest BCUT2D eigenvalue weighted by molar-refractivity contribution is 5.77. The molecule has 1 aliphatic rings. The third kappa shape index (κ3) is 7.82. The molecule has 1 unspecified atom stereocenters. The number of ether oxygens (including phenoxy) is 2. The van der Waals surface area contributed by atoms with Crippen LogP contribution in [0.4, 0.5) is 0 Å². The Hall–Kier alpha value is -2.18. The van der Waals surface area contributed by atoms with Crippen LogP contribution >= 0.6 is 0 Å². The van der Waals surface area contributed by atoms with Crippen molar-refractivity contribution in [3.05, 3.63) is 48.0 Å². The molecule has 1 heterocycles. The second kappa shape index (κ2) is 12.3. The molecule has 28 heavy (non-hydrogen) atoms. The van der Waals surface area contributed by atoms with Gasteiger partial charge in [-0.25, -0.2) is 4.79 Å². The molecule has 1 fully saturated rings. The molecule has 1 aromatic rings. The summed E-state index contributed by atoms with van der Waals surface area (Å²) < 4.78 is 9.67. The van der Waals surface area contributed by atoms with Crippen molar-refractivity contribution in [1.82, 2.24) is 4.90 Å². The van der Waals surface area contributed by atoms with Crippen molar-refractivity contribution >= 4 is 11.9 Å². The zero-order valence-corrected chi connectivity index (χ0v) is 16.6. The van der Waals surface area contributed by atoms with Gasteiger partial charge in [0.1, 0.15) is 6.61 Å². The monoisotopic (exact) mass is 389 g/mol. The van der Waals surface area contributed by atoms with Gasteiger partial charge < -0.3 is 19.5 Å². The molecule has 0 aliphatic carbocycles. The minimum atomic E-state index is -0.409. The van der Waals surface area contributed by atoms with Crippen LogP contribution in [0.15, 0.2) is 42.5 Å². The van der Waals surface area contributed by atoms with Crippen LogP contribution in [-0.2, 0) is 25.5 Å². The minimum absolute atomic E-state index is 0.0780. The van der Waals surface area contributed by atoms with Gasteiger partial charge in [0.2, 0.25) is 5.91 Å². The van der Waals surface area contributed by atoms with Gasteiger partial charge in [0.05, 0.1) is 19.8 Å². The van der Waals surface area contributed by atoms with E-state index in [-0.39, 0.29) is 18.6 Å². The van der Waals surface area contributed by atoms with Crippen molar-refractivity contribution in [2.45, 2.75) is 50.7 Å². The summed E-state index contributed by atoms with van der Waals surface area (Å²) in [5.41, 5.74) is 1.13. The van der Waals surface area contributed by atoms with Crippen LogP contribution in [0.3, 0.4) is 0 Å². The average molecular weight is 389 g/mol. The number of amides is 1. The molecule has 0 aromatic heterocycles. The second-order valence-corrected chi connectivity index (χ2v) is 7.08. The summed E-state index contributed by atoms with van der Waals surface area (Å²) in [6.45, 7) is 0.753. The van der Waals surface area contributed by atoms with E-state index >= 15 is 0 Å². The lowest BCUT2D eigenvalue weighted by Gasteiger charge is -2.35. The largest absolute Gasteiger partial charge is 0.467 e. The molecule has 2 rings (SSSR count). The lowest BCUT2D eigenvalue weighted by Crippen LogP contribution is -2.44. The van der Waals surface area contributed by atoms with Crippen LogP contribution in [0, 0.1) is 0 Å².